The van der Waals surface area contributed by atoms with Crippen LogP contribution in [0, 0.1) is 0 Å². The van der Waals surface area contributed by atoms with Crippen LogP contribution in [0.25, 0.3) is 0 Å². The van der Waals surface area contributed by atoms with Crippen molar-refractivity contribution in [2.24, 2.45) is 0 Å². The van der Waals surface area contributed by atoms with Gasteiger partial charge in [-0.05, 0) is 18.2 Å². The van der Waals surface area contributed by atoms with Crippen LogP contribution in [0.2, 0.25) is 10.0 Å². The first-order valence-corrected chi connectivity index (χ1v) is 7.50. The lowest BCUT2D eigenvalue weighted by Crippen LogP contribution is -2.39. The van der Waals surface area contributed by atoms with Gasteiger partial charge < -0.3 is 5.32 Å². The first-order chi connectivity index (χ1) is 8.43. The molecule has 0 spiro atoms. The summed E-state index contributed by atoms with van der Waals surface area (Å²) >= 11 is 17.8. The quantitative estimate of drug-likeness (QED) is 0.733. The van der Waals surface area contributed by atoms with Crippen molar-refractivity contribution in [1.29, 1.82) is 0 Å². The summed E-state index contributed by atoms with van der Waals surface area (Å²) in [6.07, 6.45) is 0. The maximum Gasteiger partial charge on any atom is 0.325 e. The third-order valence-electron chi connectivity index (χ3n) is 1.84. The maximum atomic E-state index is 11.5. The van der Waals surface area contributed by atoms with E-state index in [-0.39, 0.29) is 0 Å². The van der Waals surface area contributed by atoms with Gasteiger partial charge in [0.1, 0.15) is 4.83 Å². The molecule has 0 bridgehead atoms. The van der Waals surface area contributed by atoms with Crippen LogP contribution in [-0.2, 0) is 4.79 Å². The van der Waals surface area contributed by atoms with Crippen molar-refractivity contribution < 1.29 is 9.59 Å². The van der Waals surface area contributed by atoms with Gasteiger partial charge in [0.25, 0.3) is 0 Å². The summed E-state index contributed by atoms with van der Waals surface area (Å²) in [7, 11) is 0. The molecule has 1 aromatic carbocycles. The highest BCUT2D eigenvalue weighted by atomic mass is 79.9. The van der Waals surface area contributed by atoms with Gasteiger partial charge in [-0.25, -0.2) is 4.79 Å². The van der Waals surface area contributed by atoms with Crippen molar-refractivity contribution in [2.45, 2.75) is 4.83 Å². The zero-order valence-electron chi connectivity index (χ0n) is 8.84. The van der Waals surface area contributed by atoms with Gasteiger partial charge in [0.05, 0.1) is 10.7 Å². The summed E-state index contributed by atoms with van der Waals surface area (Å²) in [5.74, 6) is -0.450. The van der Waals surface area contributed by atoms with E-state index in [1.54, 1.807) is 12.1 Å². The van der Waals surface area contributed by atoms with Gasteiger partial charge in [-0.3, -0.25) is 10.1 Å². The largest absolute Gasteiger partial charge is 0.325 e. The average molecular weight is 419 g/mol. The van der Waals surface area contributed by atoms with Crippen LogP contribution in [0.15, 0.2) is 18.2 Å². The monoisotopic (exact) mass is 416 g/mol. The fourth-order valence-corrected chi connectivity index (χ4v) is 1.87. The molecule has 0 heterocycles. The molecule has 1 atom stereocenters. The predicted octanol–water partition coefficient (Wildman–Crippen LogP) is 3.80. The van der Waals surface area contributed by atoms with E-state index in [1.165, 1.54) is 6.07 Å². The van der Waals surface area contributed by atoms with Crippen molar-refractivity contribution in [2.75, 3.05) is 10.6 Å². The van der Waals surface area contributed by atoms with Crippen LogP contribution < -0.4 is 10.6 Å². The highest BCUT2D eigenvalue weighted by Crippen LogP contribution is 2.25. The van der Waals surface area contributed by atoms with Crippen LogP contribution in [0.4, 0.5) is 10.5 Å². The Labute approximate surface area is 131 Å². The second kappa shape index (κ2) is 7.33. The van der Waals surface area contributed by atoms with E-state index in [9.17, 15) is 9.59 Å². The molecular weight excluding hydrogens is 411 g/mol. The molecule has 0 saturated carbocycles. The minimum Gasteiger partial charge on any atom is -0.306 e. The van der Waals surface area contributed by atoms with E-state index in [2.05, 4.69) is 42.5 Å². The minimum absolute atomic E-state index is 0.293. The SMILES string of the molecule is O=C(NC(=O)C(Br)CBr)Nc1ccc(Cl)cc1Cl. The molecule has 4 nitrogen and oxygen atoms in total. The van der Waals surface area contributed by atoms with Crippen LogP contribution in [0.5, 0.6) is 0 Å². The van der Waals surface area contributed by atoms with Crippen molar-refractivity contribution in [3.05, 3.63) is 28.2 Å². The molecule has 0 saturated heterocycles. The van der Waals surface area contributed by atoms with Crippen LogP contribution in [0.3, 0.4) is 0 Å². The third kappa shape index (κ3) is 4.76. The molecule has 0 fully saturated rings. The van der Waals surface area contributed by atoms with Crippen molar-refractivity contribution >= 4 is 72.7 Å². The van der Waals surface area contributed by atoms with Crippen molar-refractivity contribution in [1.82, 2.24) is 5.32 Å². The van der Waals surface area contributed by atoms with Crippen molar-refractivity contribution in [3.63, 3.8) is 0 Å². The summed E-state index contributed by atoms with van der Waals surface area (Å²) in [4.78, 5) is 22.4. The van der Waals surface area contributed by atoms with E-state index in [4.69, 9.17) is 23.2 Å². The Kier molecular flexibility index (Phi) is 6.42. The number of rotatable bonds is 3. The Morgan fingerprint density at radius 2 is 2.00 bits per heavy atom. The van der Waals surface area contributed by atoms with Gasteiger partial charge >= 0.3 is 6.03 Å². The number of hydrogen-bond acceptors (Lipinski definition) is 2. The molecule has 0 radical (unpaired) electrons. The number of amides is 3. The van der Waals surface area contributed by atoms with E-state index in [0.29, 0.717) is 21.1 Å². The summed E-state index contributed by atoms with van der Waals surface area (Å²) in [5.41, 5.74) is 0.372. The second-order valence-electron chi connectivity index (χ2n) is 3.19. The molecule has 0 aliphatic carbocycles. The number of carbonyl (C=O) groups is 2. The standard InChI is InChI=1S/C10H8Br2Cl2N2O2/c11-4-6(12)9(17)16-10(18)15-8-2-1-5(13)3-7(8)14/h1-3,6H,4H2,(H2,15,16,17,18). The van der Waals surface area contributed by atoms with E-state index in [0.717, 1.165) is 0 Å². The van der Waals surface area contributed by atoms with Crippen LogP contribution in [-0.4, -0.2) is 22.1 Å². The lowest BCUT2D eigenvalue weighted by molar-refractivity contribution is -0.118. The average Bonchev–Trinajstić information content (AvgIpc) is 2.31. The van der Waals surface area contributed by atoms with Gasteiger partial charge in [-0.2, -0.15) is 0 Å². The number of anilines is 1. The fraction of sp³-hybridized carbons (Fsp3) is 0.200. The first kappa shape index (κ1) is 15.8. The van der Waals surface area contributed by atoms with E-state index >= 15 is 0 Å². The van der Waals surface area contributed by atoms with E-state index in [1.807, 2.05) is 0 Å². The van der Waals surface area contributed by atoms with Gasteiger partial charge in [0, 0.05) is 10.4 Å². The second-order valence-corrected chi connectivity index (χ2v) is 5.79. The number of alkyl halides is 2. The van der Waals surface area contributed by atoms with Gasteiger partial charge in [0.2, 0.25) is 5.91 Å². The van der Waals surface area contributed by atoms with Gasteiger partial charge in [-0.1, -0.05) is 55.1 Å². The van der Waals surface area contributed by atoms with Crippen molar-refractivity contribution in [3.8, 4) is 0 Å². The molecule has 1 aromatic rings. The molecule has 2 N–H and O–H groups in total. The molecule has 1 unspecified atom stereocenters. The summed E-state index contributed by atoms with van der Waals surface area (Å²) in [5, 5.41) is 5.76. The van der Waals surface area contributed by atoms with Gasteiger partial charge in [0.15, 0.2) is 0 Å². The zero-order chi connectivity index (χ0) is 13.7. The number of imide groups is 1. The van der Waals surface area contributed by atoms with Crippen LogP contribution >= 0.6 is 55.1 Å². The summed E-state index contributed by atoms with van der Waals surface area (Å²) in [6.45, 7) is 0. The molecular formula is C10H8Br2Cl2N2O2. The molecule has 0 aliphatic heterocycles. The first-order valence-electron chi connectivity index (χ1n) is 4.71. The smallest absolute Gasteiger partial charge is 0.306 e. The highest BCUT2D eigenvalue weighted by molar-refractivity contribution is 9.12. The molecule has 0 aromatic heterocycles. The normalized spacial score (nSPS) is 11.8. The molecule has 3 amide bonds. The molecule has 1 rings (SSSR count). The van der Waals surface area contributed by atoms with Crippen LogP contribution in [0.1, 0.15) is 0 Å². The maximum absolute atomic E-state index is 11.5. The fourth-order valence-electron chi connectivity index (χ4n) is 1.00. The summed E-state index contributed by atoms with van der Waals surface area (Å²) < 4.78 is 0. The highest BCUT2D eigenvalue weighted by Gasteiger charge is 2.16. The topological polar surface area (TPSA) is 58.2 Å². The minimum atomic E-state index is -0.658. The lowest BCUT2D eigenvalue weighted by Gasteiger charge is -2.10. The Morgan fingerprint density at radius 3 is 2.56 bits per heavy atom. The number of halogens is 4. The Morgan fingerprint density at radius 1 is 1.33 bits per heavy atom. The molecule has 8 heteroatoms. The Balaban J connectivity index is 2.62. The number of carbonyl (C=O) groups excluding carboxylic acids is 2. The number of nitrogens with one attached hydrogen (secondary N) is 2. The van der Waals surface area contributed by atoms with Gasteiger partial charge in [-0.15, -0.1) is 0 Å². The Bertz CT molecular complexity index is 471. The molecule has 0 aliphatic rings. The number of hydrogen-bond donors (Lipinski definition) is 2. The predicted molar refractivity (Wildman–Crippen MR) is 80.1 cm³/mol. The summed E-state index contributed by atoms with van der Waals surface area (Å²) in [6, 6.07) is 3.96. The lowest BCUT2D eigenvalue weighted by atomic mass is 10.3. The molecule has 98 valence electrons. The number of benzene rings is 1. The third-order valence-corrected chi connectivity index (χ3v) is 4.64. The number of urea groups is 1. The Hall–Kier alpha value is -0.300. The molecule has 18 heavy (non-hydrogen) atoms. The van der Waals surface area contributed by atoms with E-state index < -0.39 is 16.8 Å². The zero-order valence-corrected chi connectivity index (χ0v) is 13.5.